The molecule has 1 saturated heterocycles. The second-order valence-electron chi connectivity index (χ2n) is 17.5. The minimum atomic E-state index is -5.08. The number of nitrogens with two attached hydrogens (primary N) is 2. The van der Waals surface area contributed by atoms with Gasteiger partial charge in [-0.1, -0.05) is 46.2 Å². The van der Waals surface area contributed by atoms with Crippen LogP contribution in [-0.4, -0.2) is 165 Å². The number of carboxylic acids is 2. The lowest BCUT2D eigenvalue weighted by Gasteiger charge is -2.32. The van der Waals surface area contributed by atoms with E-state index in [4.69, 9.17) is 21.4 Å². The number of benzene rings is 1. The molecule has 0 aliphatic carbocycles. The molecule has 25 nitrogen and oxygen atoms in total. The number of aromatic hydroxyl groups is 1. The van der Waals surface area contributed by atoms with Gasteiger partial charge in [0.25, 0.3) is 0 Å². The predicted molar refractivity (Wildman–Crippen MR) is 256 cm³/mol. The molecule has 0 saturated carbocycles. The van der Waals surface area contributed by atoms with Crippen molar-refractivity contribution in [3.8, 4) is 5.75 Å². The number of phenolic OH excluding ortho intramolecular Hbond substituents is 1. The molecule has 73 heavy (non-hydrogen) atoms. The van der Waals surface area contributed by atoms with Gasteiger partial charge in [-0.05, 0) is 69.2 Å². The van der Waals surface area contributed by atoms with Crippen molar-refractivity contribution in [1.82, 2.24) is 52.1 Å². The van der Waals surface area contributed by atoms with Crippen molar-refractivity contribution < 1.29 is 71.6 Å². The predicted octanol–water partition coefficient (Wildman–Crippen LogP) is -1.49. The number of amides is 7. The number of aliphatic imine (C=N–C) groups is 1. The van der Waals surface area contributed by atoms with Crippen LogP contribution in [0.1, 0.15) is 78.0 Å². The summed E-state index contributed by atoms with van der Waals surface area (Å²) in [7, 11) is 1.57. The summed E-state index contributed by atoms with van der Waals surface area (Å²) in [5, 5.41) is 45.2. The van der Waals surface area contributed by atoms with Gasteiger partial charge in [-0.25, -0.2) is 9.78 Å². The molecule has 15 N–H and O–H groups in total. The largest absolute Gasteiger partial charge is 0.508 e. The van der Waals surface area contributed by atoms with Gasteiger partial charge in [0.2, 0.25) is 41.4 Å². The van der Waals surface area contributed by atoms with E-state index in [1.807, 2.05) is 0 Å². The Balaban J connectivity index is 0.00000242. The number of carboxylic acid groups (broad SMARTS) is 2. The standard InChI is InChI=1S/C43H67N13O10.C2HF3O2/c1-7-24(4)35(40(63)53-31(19-27-20-47-22-49-27)41(64)56-17-9-11-32(56)38(61)50-25(5)42(65)66)55-37(60)30(18-26-12-14-28(57)15-13-26)52-39(62)34(23(2)3)54-36(59)29(51-33(58)21-46-6)10-8-16-48-43(44)45;3-2(4,5)1(6)7/h12-15,20,22-25,29-32,34-35,46,57H,7-11,16-19,21H2,1-6H3,(H,47,49)(H,50,61)(H,51,58)(H,52,62)(H,53,63)(H,54,59)(H,55,60)(H,65,66)(H4,44,45,48);(H,6,7). The fourth-order valence-corrected chi connectivity index (χ4v) is 7.21. The monoisotopic (exact) mass is 1040 g/mol. The number of hydrogen-bond donors (Lipinski definition) is 13. The second-order valence-corrected chi connectivity index (χ2v) is 17.5. The SMILES string of the molecule is CCC(C)C(NC(=O)C(Cc1ccc(O)cc1)NC(=O)C(NC(=O)C(CCCN=C(N)N)NC(=O)CNC)C(C)C)C(=O)NC(Cc1cnc[nH]1)C(=O)N1CCCC1C(=O)NC(C)C(=O)O.O=C(O)C(F)(F)F. The highest BCUT2D eigenvalue weighted by atomic mass is 19.4. The van der Waals surface area contributed by atoms with Crippen LogP contribution in [0.2, 0.25) is 0 Å². The molecule has 1 aromatic carbocycles. The third-order valence-corrected chi connectivity index (χ3v) is 11.4. The van der Waals surface area contributed by atoms with Crippen LogP contribution < -0.4 is 48.7 Å². The maximum atomic E-state index is 14.4. The van der Waals surface area contributed by atoms with E-state index in [0.717, 1.165) is 0 Å². The molecule has 0 spiro atoms. The molecule has 0 bridgehead atoms. The average molecular weight is 1040 g/mol. The number of halogens is 3. The van der Waals surface area contributed by atoms with Crippen LogP contribution in [0.4, 0.5) is 13.2 Å². The number of carbonyl (C=O) groups is 9. The number of imidazole rings is 1. The first-order chi connectivity index (χ1) is 34.2. The van der Waals surface area contributed by atoms with Gasteiger partial charge in [0.15, 0.2) is 5.96 Å². The second kappa shape index (κ2) is 29.7. The molecule has 8 unspecified atom stereocenters. The van der Waals surface area contributed by atoms with Crippen molar-refractivity contribution >= 4 is 59.2 Å². The highest BCUT2D eigenvalue weighted by Gasteiger charge is 2.41. The summed E-state index contributed by atoms with van der Waals surface area (Å²) in [4.78, 5) is 129. The first-order valence-electron chi connectivity index (χ1n) is 23.3. The van der Waals surface area contributed by atoms with Crippen molar-refractivity contribution in [2.75, 3.05) is 26.7 Å². The zero-order valence-electron chi connectivity index (χ0n) is 41.4. The van der Waals surface area contributed by atoms with Gasteiger partial charge in [-0.3, -0.25) is 43.3 Å². The van der Waals surface area contributed by atoms with Crippen LogP contribution in [0.3, 0.4) is 0 Å². The molecule has 1 aliphatic rings. The smallest absolute Gasteiger partial charge is 0.490 e. The summed E-state index contributed by atoms with van der Waals surface area (Å²) >= 11 is 0. The summed E-state index contributed by atoms with van der Waals surface area (Å²) < 4.78 is 31.7. The number of hydrogen-bond acceptors (Lipinski definition) is 13. The maximum absolute atomic E-state index is 14.4. The average Bonchev–Trinajstić information content (AvgIpc) is 4.03. The van der Waals surface area contributed by atoms with E-state index >= 15 is 0 Å². The van der Waals surface area contributed by atoms with Gasteiger partial charge >= 0.3 is 18.1 Å². The highest BCUT2D eigenvalue weighted by Crippen LogP contribution is 2.21. The number of alkyl halides is 3. The highest BCUT2D eigenvalue weighted by molar-refractivity contribution is 5.98. The number of carbonyl (C=O) groups excluding carboxylic acids is 7. The van der Waals surface area contributed by atoms with Crippen LogP contribution in [0, 0.1) is 11.8 Å². The molecule has 0 radical (unpaired) electrons. The first kappa shape index (κ1) is 61.6. The number of likely N-dealkylation sites (N-methyl/N-ethyl adjacent to an activating group) is 1. The van der Waals surface area contributed by atoms with Gasteiger partial charge in [-0.2, -0.15) is 13.2 Å². The molecular formula is C45H68F3N13O12. The Morgan fingerprint density at radius 2 is 1.42 bits per heavy atom. The number of likely N-dealkylation sites (tertiary alicyclic amines) is 1. The quantitative estimate of drug-likeness (QED) is 0.0290. The first-order valence-corrected chi connectivity index (χ1v) is 23.3. The normalized spacial score (nSPS) is 16.1. The molecule has 2 aromatic rings. The van der Waals surface area contributed by atoms with Gasteiger partial charge in [0.05, 0.1) is 12.9 Å². The lowest BCUT2D eigenvalue weighted by atomic mass is 9.96. The number of phenols is 1. The van der Waals surface area contributed by atoms with Crippen LogP contribution in [0.15, 0.2) is 41.8 Å². The van der Waals surface area contributed by atoms with Crippen molar-refractivity contribution in [3.05, 3.63) is 48.0 Å². The molecule has 2 heterocycles. The van der Waals surface area contributed by atoms with Crippen LogP contribution in [0.5, 0.6) is 5.75 Å². The van der Waals surface area contributed by atoms with E-state index in [-0.39, 0.29) is 57.0 Å². The van der Waals surface area contributed by atoms with E-state index in [1.165, 1.54) is 36.5 Å². The van der Waals surface area contributed by atoms with Crippen molar-refractivity contribution in [2.45, 2.75) is 128 Å². The van der Waals surface area contributed by atoms with Crippen LogP contribution in [-0.2, 0) is 56.0 Å². The molecular weight excluding hydrogens is 972 g/mol. The van der Waals surface area contributed by atoms with Crippen molar-refractivity contribution in [3.63, 3.8) is 0 Å². The Kier molecular flexibility index (Phi) is 25.1. The Morgan fingerprint density at radius 1 is 0.836 bits per heavy atom. The Hall–Kier alpha value is -7.52. The Labute approximate surface area is 419 Å². The van der Waals surface area contributed by atoms with E-state index < -0.39 is 114 Å². The topological polar surface area (TPSA) is 395 Å². The lowest BCUT2D eigenvalue weighted by Crippen LogP contribution is -2.62. The lowest BCUT2D eigenvalue weighted by molar-refractivity contribution is -0.192. The number of rotatable bonds is 26. The molecule has 1 fully saturated rings. The Bertz CT molecular complexity index is 2210. The van der Waals surface area contributed by atoms with Gasteiger partial charge in [0, 0.05) is 37.8 Å². The summed E-state index contributed by atoms with van der Waals surface area (Å²) in [6.07, 6.45) is -0.838. The number of nitrogens with one attached hydrogen (secondary N) is 8. The minimum absolute atomic E-state index is 0.0375. The van der Waals surface area contributed by atoms with E-state index in [9.17, 15) is 61.7 Å². The summed E-state index contributed by atoms with van der Waals surface area (Å²) in [5.41, 5.74) is 11.9. The third kappa shape index (κ3) is 21.0. The van der Waals surface area contributed by atoms with Crippen LogP contribution >= 0.6 is 0 Å². The molecule has 406 valence electrons. The maximum Gasteiger partial charge on any atom is 0.490 e. The number of guanidine groups is 1. The van der Waals surface area contributed by atoms with Crippen LogP contribution in [0.25, 0.3) is 0 Å². The van der Waals surface area contributed by atoms with Gasteiger partial charge < -0.3 is 73.9 Å². The molecule has 1 aliphatic heterocycles. The summed E-state index contributed by atoms with van der Waals surface area (Å²) in [6.45, 7) is 8.47. The number of aliphatic carboxylic acids is 2. The van der Waals surface area contributed by atoms with E-state index in [1.54, 1.807) is 46.9 Å². The van der Waals surface area contributed by atoms with E-state index in [2.05, 4.69) is 52.2 Å². The summed E-state index contributed by atoms with van der Waals surface area (Å²) in [6, 6.07) is -2.40. The number of H-pyrrole nitrogens is 1. The van der Waals surface area contributed by atoms with Gasteiger partial charge in [-0.15, -0.1) is 0 Å². The molecule has 7 amide bonds. The number of aromatic nitrogens is 2. The van der Waals surface area contributed by atoms with Crippen molar-refractivity contribution in [1.29, 1.82) is 0 Å². The number of aromatic amines is 1. The zero-order valence-corrected chi connectivity index (χ0v) is 41.4. The molecule has 28 heteroatoms. The zero-order chi connectivity index (χ0) is 55.2. The van der Waals surface area contributed by atoms with E-state index in [0.29, 0.717) is 30.5 Å². The Morgan fingerprint density at radius 3 is 1.96 bits per heavy atom. The summed E-state index contributed by atoms with van der Waals surface area (Å²) in [5.74, 6) is -9.86. The third-order valence-electron chi connectivity index (χ3n) is 11.4. The minimum Gasteiger partial charge on any atom is -0.508 e. The molecule has 8 atom stereocenters. The van der Waals surface area contributed by atoms with Gasteiger partial charge in [0.1, 0.15) is 48.0 Å². The molecule has 1 aromatic heterocycles. The van der Waals surface area contributed by atoms with Crippen molar-refractivity contribution in [2.24, 2.45) is 28.3 Å². The fraction of sp³-hybridized carbons (Fsp3) is 0.578. The fourth-order valence-electron chi connectivity index (χ4n) is 7.21. The molecule has 3 rings (SSSR count). The number of nitrogens with zero attached hydrogens (tertiary/aromatic N) is 3.